The number of thioether (sulfide) groups is 1. The average Bonchev–Trinajstić information content (AvgIpc) is 2.68. The molecule has 5 nitrogen and oxygen atoms in total. The Labute approximate surface area is 161 Å². The number of pyridine rings is 1. The van der Waals surface area contributed by atoms with E-state index in [1.807, 2.05) is 44.2 Å². The van der Waals surface area contributed by atoms with Crippen LogP contribution in [0.2, 0.25) is 0 Å². The number of benzene rings is 2. The molecular formula is C21H20N2O3S. The Morgan fingerprint density at radius 2 is 2.11 bits per heavy atom. The zero-order valence-electron chi connectivity index (χ0n) is 15.2. The summed E-state index contributed by atoms with van der Waals surface area (Å²) in [6, 6.07) is 11.3. The summed E-state index contributed by atoms with van der Waals surface area (Å²) in [5.41, 5.74) is 2.55. The number of amides is 1. The van der Waals surface area contributed by atoms with Gasteiger partial charge >= 0.3 is 0 Å². The molecule has 0 saturated carbocycles. The summed E-state index contributed by atoms with van der Waals surface area (Å²) in [4.78, 5) is 29.6. The predicted octanol–water partition coefficient (Wildman–Crippen LogP) is 3.81. The molecule has 0 spiro atoms. The quantitative estimate of drug-likeness (QED) is 0.725. The zero-order chi connectivity index (χ0) is 19.0. The van der Waals surface area contributed by atoms with Gasteiger partial charge in [-0.1, -0.05) is 17.7 Å². The number of carbonyl (C=O) groups is 1. The van der Waals surface area contributed by atoms with Crippen molar-refractivity contribution in [2.45, 2.75) is 24.8 Å². The van der Waals surface area contributed by atoms with Gasteiger partial charge < -0.3 is 15.0 Å². The highest BCUT2D eigenvalue weighted by atomic mass is 32.2. The number of aryl methyl sites for hydroxylation is 1. The minimum absolute atomic E-state index is 0.121. The van der Waals surface area contributed by atoms with Crippen LogP contribution in [-0.2, 0) is 0 Å². The van der Waals surface area contributed by atoms with E-state index in [0.29, 0.717) is 12.0 Å². The molecule has 2 heterocycles. The molecule has 1 amide bonds. The third-order valence-electron chi connectivity index (χ3n) is 4.69. The van der Waals surface area contributed by atoms with E-state index in [4.69, 9.17) is 4.74 Å². The number of hydrogen-bond donors (Lipinski definition) is 2. The lowest BCUT2D eigenvalue weighted by molar-refractivity contribution is 0.0938. The molecule has 27 heavy (non-hydrogen) atoms. The summed E-state index contributed by atoms with van der Waals surface area (Å²) in [5, 5.41) is 3.46. The molecule has 1 unspecified atom stereocenters. The van der Waals surface area contributed by atoms with Gasteiger partial charge in [-0.25, -0.2) is 0 Å². The van der Waals surface area contributed by atoms with Gasteiger partial charge in [0.2, 0.25) is 5.43 Å². The van der Waals surface area contributed by atoms with Gasteiger partial charge in [0, 0.05) is 27.7 Å². The van der Waals surface area contributed by atoms with E-state index in [1.165, 1.54) is 6.20 Å². The Hall–Kier alpha value is -2.73. The molecule has 6 heteroatoms. The summed E-state index contributed by atoms with van der Waals surface area (Å²) >= 11 is 1.75. The molecule has 0 aliphatic carbocycles. The van der Waals surface area contributed by atoms with Gasteiger partial charge in [0.05, 0.1) is 12.6 Å². The van der Waals surface area contributed by atoms with Gasteiger partial charge in [-0.2, -0.15) is 0 Å². The lowest BCUT2D eigenvalue weighted by Crippen LogP contribution is -2.31. The van der Waals surface area contributed by atoms with Crippen molar-refractivity contribution in [2.24, 2.45) is 0 Å². The average molecular weight is 380 g/mol. The van der Waals surface area contributed by atoms with Crippen molar-refractivity contribution in [1.29, 1.82) is 0 Å². The third kappa shape index (κ3) is 3.45. The monoisotopic (exact) mass is 380 g/mol. The highest BCUT2D eigenvalue weighted by molar-refractivity contribution is 7.99. The fourth-order valence-electron chi connectivity index (χ4n) is 3.19. The normalized spacial score (nSPS) is 14.3. The minimum atomic E-state index is -0.381. The molecule has 0 saturated heterocycles. The molecule has 2 N–H and O–H groups in total. The maximum atomic E-state index is 12.7. The third-order valence-corrected chi connectivity index (χ3v) is 5.70. The minimum Gasteiger partial charge on any atom is -0.492 e. The summed E-state index contributed by atoms with van der Waals surface area (Å²) in [7, 11) is 0. The number of carbonyl (C=O) groups excluding carboxylic acids is 1. The lowest BCUT2D eigenvalue weighted by atomic mass is 10.1. The second-order valence-corrected chi connectivity index (χ2v) is 7.82. The van der Waals surface area contributed by atoms with Gasteiger partial charge in [-0.3, -0.25) is 9.59 Å². The molecule has 1 aromatic heterocycles. The first-order valence-corrected chi connectivity index (χ1v) is 9.84. The second kappa shape index (κ2) is 7.12. The van der Waals surface area contributed by atoms with Crippen LogP contribution in [-0.4, -0.2) is 23.3 Å². The van der Waals surface area contributed by atoms with Crippen LogP contribution in [0.25, 0.3) is 10.9 Å². The molecule has 1 atom stereocenters. The molecule has 1 aliphatic rings. The van der Waals surface area contributed by atoms with E-state index in [1.54, 1.807) is 17.8 Å². The van der Waals surface area contributed by atoms with Crippen LogP contribution in [0.3, 0.4) is 0 Å². The van der Waals surface area contributed by atoms with Crippen molar-refractivity contribution < 1.29 is 9.53 Å². The van der Waals surface area contributed by atoms with Crippen molar-refractivity contribution in [2.75, 3.05) is 12.4 Å². The van der Waals surface area contributed by atoms with Gasteiger partial charge in [-0.15, -0.1) is 11.8 Å². The van der Waals surface area contributed by atoms with E-state index >= 15 is 0 Å². The van der Waals surface area contributed by atoms with E-state index in [9.17, 15) is 9.59 Å². The molecule has 0 bridgehead atoms. The summed E-state index contributed by atoms with van der Waals surface area (Å²) in [6.07, 6.45) is 1.48. The maximum absolute atomic E-state index is 12.7. The molecule has 2 aromatic carbocycles. The first-order chi connectivity index (χ1) is 13.0. The number of ether oxygens (including phenoxy) is 1. The highest BCUT2D eigenvalue weighted by Gasteiger charge is 2.18. The number of rotatable bonds is 3. The van der Waals surface area contributed by atoms with Crippen LogP contribution < -0.4 is 15.5 Å². The first kappa shape index (κ1) is 17.7. The Morgan fingerprint density at radius 1 is 1.26 bits per heavy atom. The van der Waals surface area contributed by atoms with Crippen molar-refractivity contribution in [3.8, 4) is 5.75 Å². The van der Waals surface area contributed by atoms with Gasteiger partial charge in [0.25, 0.3) is 5.91 Å². The number of H-pyrrole nitrogens is 1. The van der Waals surface area contributed by atoms with Crippen molar-refractivity contribution in [1.82, 2.24) is 10.3 Å². The Morgan fingerprint density at radius 3 is 2.96 bits per heavy atom. The largest absolute Gasteiger partial charge is 0.492 e. The molecule has 0 fully saturated rings. The molecule has 4 rings (SSSR count). The Kier molecular flexibility index (Phi) is 4.66. The van der Waals surface area contributed by atoms with Crippen LogP contribution in [0.1, 0.15) is 34.5 Å². The van der Waals surface area contributed by atoms with E-state index < -0.39 is 0 Å². The molecule has 0 radical (unpaired) electrons. The van der Waals surface area contributed by atoms with Gasteiger partial charge in [0.1, 0.15) is 11.3 Å². The topological polar surface area (TPSA) is 71.2 Å². The zero-order valence-corrected chi connectivity index (χ0v) is 16.0. The smallest absolute Gasteiger partial charge is 0.257 e. The fourth-order valence-corrected chi connectivity index (χ4v) is 4.06. The maximum Gasteiger partial charge on any atom is 0.257 e. The molecule has 1 aliphatic heterocycles. The van der Waals surface area contributed by atoms with Crippen LogP contribution in [0.4, 0.5) is 0 Å². The number of nitrogens with one attached hydrogen (secondary N) is 2. The Bertz CT molecular complexity index is 1090. The van der Waals surface area contributed by atoms with Crippen LogP contribution in [0.15, 0.2) is 52.3 Å². The predicted molar refractivity (Wildman–Crippen MR) is 108 cm³/mol. The number of aromatic amines is 1. The van der Waals surface area contributed by atoms with Crippen LogP contribution in [0, 0.1) is 6.92 Å². The van der Waals surface area contributed by atoms with E-state index in [0.717, 1.165) is 33.0 Å². The van der Waals surface area contributed by atoms with Gasteiger partial charge in [-0.05, 0) is 43.7 Å². The summed E-state index contributed by atoms with van der Waals surface area (Å²) in [5.74, 6) is 1.42. The van der Waals surface area contributed by atoms with Crippen molar-refractivity contribution in [3.05, 3.63) is 69.5 Å². The van der Waals surface area contributed by atoms with Crippen molar-refractivity contribution >= 4 is 28.6 Å². The summed E-state index contributed by atoms with van der Waals surface area (Å²) < 4.78 is 5.62. The highest BCUT2D eigenvalue weighted by Crippen LogP contribution is 2.35. The number of hydrogen-bond acceptors (Lipinski definition) is 4. The molecule has 3 aromatic rings. The van der Waals surface area contributed by atoms with E-state index in [-0.39, 0.29) is 22.9 Å². The van der Waals surface area contributed by atoms with Gasteiger partial charge in [0.15, 0.2) is 0 Å². The standard InChI is InChI=1S/C21H20N2O3S/c1-12-3-5-17-15(9-12)20(24)16(11-22-17)21(25)23-13(2)14-4-6-18-19(10-14)27-8-7-26-18/h3-6,9-11,13H,7-8H2,1-2H3,(H,22,24)(H,23,25). The van der Waals surface area contributed by atoms with E-state index in [2.05, 4.69) is 10.3 Å². The number of fused-ring (bicyclic) bond motifs is 2. The van der Waals surface area contributed by atoms with Crippen molar-refractivity contribution in [3.63, 3.8) is 0 Å². The Balaban J connectivity index is 1.59. The van der Waals surface area contributed by atoms with Crippen LogP contribution >= 0.6 is 11.8 Å². The molecular weight excluding hydrogens is 360 g/mol. The lowest BCUT2D eigenvalue weighted by Gasteiger charge is -2.20. The first-order valence-electron chi connectivity index (χ1n) is 8.85. The SMILES string of the molecule is Cc1ccc2[nH]cc(C(=O)NC(C)c3ccc4c(c3)SCCO4)c(=O)c2c1. The fraction of sp³-hybridized carbons (Fsp3) is 0.238. The molecule has 138 valence electrons. The number of aromatic nitrogens is 1. The summed E-state index contributed by atoms with van der Waals surface area (Å²) in [6.45, 7) is 4.55. The van der Waals surface area contributed by atoms with Crippen LogP contribution in [0.5, 0.6) is 5.75 Å². The second-order valence-electron chi connectivity index (χ2n) is 6.68.